The van der Waals surface area contributed by atoms with Gasteiger partial charge >= 0.3 is 0 Å². The van der Waals surface area contributed by atoms with Gasteiger partial charge in [0.2, 0.25) is 0 Å². The summed E-state index contributed by atoms with van der Waals surface area (Å²) in [5.74, 6) is 1.26. The van der Waals surface area contributed by atoms with Gasteiger partial charge in [-0.05, 0) is 31.0 Å². The van der Waals surface area contributed by atoms with Crippen molar-refractivity contribution >= 4 is 0 Å². The number of phenols is 1. The highest BCUT2D eigenvalue weighted by atomic mass is 16.5. The van der Waals surface area contributed by atoms with Crippen molar-refractivity contribution in [1.29, 1.82) is 0 Å². The monoisotopic (exact) mass is 301 g/mol. The van der Waals surface area contributed by atoms with Crippen LogP contribution in [0.15, 0.2) is 23.0 Å². The summed E-state index contributed by atoms with van der Waals surface area (Å²) >= 11 is 0. The minimum atomic E-state index is -0.0239. The zero-order valence-electron chi connectivity index (χ0n) is 12.7. The van der Waals surface area contributed by atoms with E-state index in [4.69, 9.17) is 4.74 Å². The van der Waals surface area contributed by atoms with Crippen LogP contribution in [0.1, 0.15) is 22.6 Å². The molecule has 22 heavy (non-hydrogen) atoms. The Morgan fingerprint density at radius 3 is 3.00 bits per heavy atom. The van der Waals surface area contributed by atoms with Crippen molar-refractivity contribution in [2.45, 2.75) is 26.4 Å². The largest absolute Gasteiger partial charge is 0.504 e. The molecule has 1 aliphatic rings. The van der Waals surface area contributed by atoms with Crippen LogP contribution < -0.4 is 10.3 Å². The average molecular weight is 301 g/mol. The molecule has 0 saturated carbocycles. The van der Waals surface area contributed by atoms with Crippen LogP contribution >= 0.6 is 0 Å². The molecular formula is C16H19N3O3. The fourth-order valence-electron chi connectivity index (χ4n) is 2.85. The standard InChI is InChI=1S/C16H19N3O3/c1-10-17-13-9-19(6-5-12(13)16(21)18-10)8-11-3-4-15(22-2)14(20)7-11/h3-4,7,20H,5-6,8-9H2,1-2H3,(H,17,18,21). The Kier molecular flexibility index (Phi) is 3.85. The third-order valence-corrected chi connectivity index (χ3v) is 3.92. The fourth-order valence-corrected chi connectivity index (χ4v) is 2.85. The highest BCUT2D eigenvalue weighted by Gasteiger charge is 2.20. The summed E-state index contributed by atoms with van der Waals surface area (Å²) in [5.41, 5.74) is 2.62. The van der Waals surface area contributed by atoms with Gasteiger partial charge in [-0.2, -0.15) is 0 Å². The summed E-state index contributed by atoms with van der Waals surface area (Å²) in [4.78, 5) is 21.3. The van der Waals surface area contributed by atoms with Crippen molar-refractivity contribution in [3.05, 3.63) is 51.2 Å². The number of hydrogen-bond acceptors (Lipinski definition) is 5. The van der Waals surface area contributed by atoms with E-state index in [0.717, 1.165) is 23.4 Å². The van der Waals surface area contributed by atoms with E-state index in [1.807, 2.05) is 6.07 Å². The number of nitrogens with zero attached hydrogens (tertiary/aromatic N) is 2. The SMILES string of the molecule is COc1ccc(CN2CCc3c(nc(C)[nH]c3=O)C2)cc1O. The maximum Gasteiger partial charge on any atom is 0.254 e. The van der Waals surface area contributed by atoms with Crippen LogP contribution in [-0.2, 0) is 19.5 Å². The Morgan fingerprint density at radius 1 is 1.45 bits per heavy atom. The molecule has 0 aliphatic carbocycles. The zero-order chi connectivity index (χ0) is 15.7. The first-order valence-electron chi connectivity index (χ1n) is 7.23. The summed E-state index contributed by atoms with van der Waals surface area (Å²) in [6, 6.07) is 5.41. The molecule has 0 amide bonds. The van der Waals surface area contributed by atoms with Gasteiger partial charge in [-0.15, -0.1) is 0 Å². The van der Waals surface area contributed by atoms with Crippen molar-refractivity contribution < 1.29 is 9.84 Å². The molecule has 1 aromatic heterocycles. The molecule has 2 N–H and O–H groups in total. The molecule has 0 fully saturated rings. The van der Waals surface area contributed by atoms with Crippen molar-refractivity contribution in [2.75, 3.05) is 13.7 Å². The lowest BCUT2D eigenvalue weighted by molar-refractivity contribution is 0.239. The number of fused-ring (bicyclic) bond motifs is 1. The van der Waals surface area contributed by atoms with E-state index >= 15 is 0 Å². The third-order valence-electron chi connectivity index (χ3n) is 3.92. The minimum Gasteiger partial charge on any atom is -0.504 e. The Hall–Kier alpha value is -2.34. The van der Waals surface area contributed by atoms with Crippen LogP contribution in [0, 0.1) is 6.92 Å². The maximum absolute atomic E-state index is 11.9. The zero-order valence-corrected chi connectivity index (χ0v) is 12.7. The number of phenolic OH excluding ortho intramolecular Hbond substituents is 1. The lowest BCUT2D eigenvalue weighted by Gasteiger charge is -2.27. The molecule has 0 bridgehead atoms. The Morgan fingerprint density at radius 2 is 2.27 bits per heavy atom. The highest BCUT2D eigenvalue weighted by molar-refractivity contribution is 5.41. The van der Waals surface area contributed by atoms with Crippen molar-refractivity contribution in [3.8, 4) is 11.5 Å². The van der Waals surface area contributed by atoms with Gasteiger partial charge in [0.05, 0.1) is 12.8 Å². The molecule has 116 valence electrons. The second-order valence-electron chi connectivity index (χ2n) is 5.54. The number of ether oxygens (including phenoxy) is 1. The molecule has 6 nitrogen and oxygen atoms in total. The van der Waals surface area contributed by atoms with Crippen molar-refractivity contribution in [3.63, 3.8) is 0 Å². The molecule has 0 radical (unpaired) electrons. The van der Waals surface area contributed by atoms with E-state index in [0.29, 0.717) is 31.1 Å². The predicted octanol–water partition coefficient (Wildman–Crippen LogP) is 1.35. The van der Waals surface area contributed by atoms with Gasteiger partial charge in [-0.1, -0.05) is 6.07 Å². The first-order chi connectivity index (χ1) is 10.6. The summed E-state index contributed by atoms with van der Waals surface area (Å²) in [6.45, 7) is 3.94. The number of aromatic amines is 1. The predicted molar refractivity (Wildman–Crippen MR) is 82.1 cm³/mol. The quantitative estimate of drug-likeness (QED) is 0.895. The maximum atomic E-state index is 11.9. The first kappa shape index (κ1) is 14.6. The van der Waals surface area contributed by atoms with Gasteiger partial charge in [-0.25, -0.2) is 4.98 Å². The van der Waals surface area contributed by atoms with Crippen LogP contribution in [0.3, 0.4) is 0 Å². The smallest absolute Gasteiger partial charge is 0.254 e. The number of rotatable bonds is 3. The second-order valence-corrected chi connectivity index (χ2v) is 5.54. The van der Waals surface area contributed by atoms with Gasteiger partial charge < -0.3 is 14.8 Å². The third kappa shape index (κ3) is 2.82. The van der Waals surface area contributed by atoms with E-state index in [1.165, 1.54) is 7.11 Å². The minimum absolute atomic E-state index is 0.0239. The lowest BCUT2D eigenvalue weighted by atomic mass is 10.1. The number of hydrogen-bond donors (Lipinski definition) is 2. The summed E-state index contributed by atoms with van der Waals surface area (Å²) in [7, 11) is 1.53. The van der Waals surface area contributed by atoms with Crippen LogP contribution in [0.4, 0.5) is 0 Å². The molecule has 0 unspecified atom stereocenters. The average Bonchev–Trinajstić information content (AvgIpc) is 2.47. The highest BCUT2D eigenvalue weighted by Crippen LogP contribution is 2.27. The van der Waals surface area contributed by atoms with Crippen molar-refractivity contribution in [1.82, 2.24) is 14.9 Å². The van der Waals surface area contributed by atoms with E-state index in [2.05, 4.69) is 14.9 Å². The molecular weight excluding hydrogens is 282 g/mol. The van der Waals surface area contributed by atoms with Crippen molar-refractivity contribution in [2.24, 2.45) is 0 Å². The first-order valence-corrected chi connectivity index (χ1v) is 7.23. The number of H-pyrrole nitrogens is 1. The van der Waals surface area contributed by atoms with Crippen LogP contribution in [0.5, 0.6) is 11.5 Å². The number of aromatic hydroxyl groups is 1. The van der Waals surface area contributed by atoms with E-state index < -0.39 is 0 Å². The fraction of sp³-hybridized carbons (Fsp3) is 0.375. The molecule has 1 aliphatic heterocycles. The Labute approximate surface area is 128 Å². The molecule has 0 spiro atoms. The molecule has 2 heterocycles. The number of methoxy groups -OCH3 is 1. The molecule has 6 heteroatoms. The van der Waals surface area contributed by atoms with Crippen LogP contribution in [-0.4, -0.2) is 33.6 Å². The van der Waals surface area contributed by atoms with Crippen LogP contribution in [0.25, 0.3) is 0 Å². The molecule has 0 saturated heterocycles. The van der Waals surface area contributed by atoms with Gasteiger partial charge in [-0.3, -0.25) is 9.69 Å². The number of benzene rings is 1. The van der Waals surface area contributed by atoms with Gasteiger partial charge in [0.25, 0.3) is 5.56 Å². The molecule has 3 rings (SSSR count). The molecule has 2 aromatic rings. The summed E-state index contributed by atoms with van der Waals surface area (Å²) in [6.07, 6.45) is 0.695. The number of aryl methyl sites for hydroxylation is 1. The van der Waals surface area contributed by atoms with E-state index in [9.17, 15) is 9.90 Å². The Bertz CT molecular complexity index is 755. The number of aromatic nitrogens is 2. The summed E-state index contributed by atoms with van der Waals surface area (Å²) < 4.78 is 5.05. The number of nitrogens with one attached hydrogen (secondary N) is 1. The van der Waals surface area contributed by atoms with E-state index in [1.54, 1.807) is 19.1 Å². The van der Waals surface area contributed by atoms with Gasteiger partial charge in [0, 0.05) is 25.2 Å². The van der Waals surface area contributed by atoms with Crippen LogP contribution in [0.2, 0.25) is 0 Å². The topological polar surface area (TPSA) is 78.5 Å². The summed E-state index contributed by atoms with van der Waals surface area (Å²) in [5, 5.41) is 9.85. The lowest BCUT2D eigenvalue weighted by Crippen LogP contribution is -2.35. The normalized spacial score (nSPS) is 14.6. The Balaban J connectivity index is 1.78. The molecule has 0 atom stereocenters. The van der Waals surface area contributed by atoms with Gasteiger partial charge in [0.15, 0.2) is 11.5 Å². The van der Waals surface area contributed by atoms with Gasteiger partial charge in [0.1, 0.15) is 5.82 Å². The van der Waals surface area contributed by atoms with E-state index in [-0.39, 0.29) is 11.3 Å². The second kappa shape index (κ2) is 5.81. The molecule has 1 aromatic carbocycles.